The van der Waals surface area contributed by atoms with Gasteiger partial charge >= 0.3 is 0 Å². The summed E-state index contributed by atoms with van der Waals surface area (Å²) in [6, 6.07) is 2.95. The highest BCUT2D eigenvalue weighted by atomic mass is 35.5. The number of hydrogen-bond donors (Lipinski definition) is 0. The van der Waals surface area contributed by atoms with Gasteiger partial charge in [-0.2, -0.15) is 8.78 Å². The summed E-state index contributed by atoms with van der Waals surface area (Å²) in [6.07, 6.45) is 1.32. The molecule has 0 aliphatic carbocycles. The molecule has 13 heavy (non-hydrogen) atoms. The van der Waals surface area contributed by atoms with Crippen molar-refractivity contribution in [3.63, 3.8) is 0 Å². The molecular formula is C9H10ClF2N. The number of halogens is 3. The van der Waals surface area contributed by atoms with Gasteiger partial charge in [-0.05, 0) is 12.1 Å². The Balaban J connectivity index is 3.14. The van der Waals surface area contributed by atoms with Crippen molar-refractivity contribution in [3.05, 3.63) is 29.0 Å². The van der Waals surface area contributed by atoms with Crippen molar-refractivity contribution >= 4 is 11.6 Å². The zero-order valence-corrected chi connectivity index (χ0v) is 8.15. The molecule has 1 heterocycles. The molecule has 0 unspecified atom stereocenters. The second-order valence-corrected chi connectivity index (χ2v) is 3.52. The molecule has 0 radical (unpaired) electrons. The molecule has 0 aromatic carbocycles. The summed E-state index contributed by atoms with van der Waals surface area (Å²) in [5.74, 6) is -3.77. The first-order valence-electron chi connectivity index (χ1n) is 3.95. The van der Waals surface area contributed by atoms with Gasteiger partial charge in [0.05, 0.1) is 5.02 Å². The third kappa shape index (κ3) is 1.97. The molecule has 0 aliphatic heterocycles. The van der Waals surface area contributed by atoms with Crippen molar-refractivity contribution in [2.75, 3.05) is 0 Å². The SMILES string of the molecule is CC(C)C(F)(F)c1ncccc1Cl. The molecular weight excluding hydrogens is 196 g/mol. The lowest BCUT2D eigenvalue weighted by molar-refractivity contribution is -0.0553. The van der Waals surface area contributed by atoms with Crippen molar-refractivity contribution in [3.8, 4) is 0 Å². The number of aromatic nitrogens is 1. The molecule has 0 fully saturated rings. The maximum atomic E-state index is 13.4. The number of alkyl halides is 2. The lowest BCUT2D eigenvalue weighted by atomic mass is 10.0. The van der Waals surface area contributed by atoms with Crippen LogP contribution in [0.25, 0.3) is 0 Å². The molecule has 1 nitrogen and oxygen atoms in total. The Morgan fingerprint density at radius 2 is 2.08 bits per heavy atom. The van der Waals surface area contributed by atoms with E-state index >= 15 is 0 Å². The van der Waals surface area contributed by atoms with Crippen LogP contribution in [0.3, 0.4) is 0 Å². The highest BCUT2D eigenvalue weighted by Crippen LogP contribution is 2.37. The largest absolute Gasteiger partial charge is 0.293 e. The Bertz CT molecular complexity index is 299. The summed E-state index contributed by atoms with van der Waals surface area (Å²) in [7, 11) is 0. The standard InChI is InChI=1S/C9H10ClF2N/c1-6(2)9(11,12)8-7(10)4-3-5-13-8/h3-6H,1-2H3. The molecule has 0 saturated heterocycles. The third-order valence-electron chi connectivity index (χ3n) is 1.80. The summed E-state index contributed by atoms with van der Waals surface area (Å²) in [5, 5.41) is 0.0150. The molecule has 0 spiro atoms. The van der Waals surface area contributed by atoms with E-state index in [0.29, 0.717) is 0 Å². The predicted molar refractivity (Wildman–Crippen MR) is 48.0 cm³/mol. The highest BCUT2D eigenvalue weighted by Gasteiger charge is 2.38. The van der Waals surface area contributed by atoms with Gasteiger partial charge < -0.3 is 0 Å². The van der Waals surface area contributed by atoms with Crippen LogP contribution in [0.1, 0.15) is 19.5 Å². The number of rotatable bonds is 2. The first kappa shape index (κ1) is 10.4. The molecule has 1 aromatic rings. The maximum absolute atomic E-state index is 13.4. The Morgan fingerprint density at radius 1 is 1.46 bits per heavy atom. The summed E-state index contributed by atoms with van der Waals surface area (Å²) in [6.45, 7) is 2.87. The smallest absolute Gasteiger partial charge is 0.253 e. The number of hydrogen-bond acceptors (Lipinski definition) is 1. The second-order valence-electron chi connectivity index (χ2n) is 3.11. The molecule has 0 saturated carbocycles. The zero-order valence-electron chi connectivity index (χ0n) is 7.39. The van der Waals surface area contributed by atoms with Gasteiger partial charge in [-0.25, -0.2) is 0 Å². The monoisotopic (exact) mass is 205 g/mol. The van der Waals surface area contributed by atoms with Gasteiger partial charge in [-0.1, -0.05) is 25.4 Å². The number of pyridine rings is 1. The Kier molecular flexibility index (Phi) is 2.86. The van der Waals surface area contributed by atoms with E-state index in [0.717, 1.165) is 0 Å². The van der Waals surface area contributed by atoms with Crippen LogP contribution in [0, 0.1) is 5.92 Å². The number of nitrogens with zero attached hydrogens (tertiary/aromatic N) is 1. The molecule has 72 valence electrons. The van der Waals surface area contributed by atoms with Crippen LogP contribution < -0.4 is 0 Å². The van der Waals surface area contributed by atoms with Gasteiger partial charge in [0.25, 0.3) is 5.92 Å². The average Bonchev–Trinajstić information content (AvgIpc) is 2.04. The Hall–Kier alpha value is -0.700. The topological polar surface area (TPSA) is 12.9 Å². The fourth-order valence-electron chi connectivity index (χ4n) is 0.904. The van der Waals surface area contributed by atoms with Crippen LogP contribution in [-0.2, 0) is 5.92 Å². The quantitative estimate of drug-likeness (QED) is 0.720. The van der Waals surface area contributed by atoms with Gasteiger partial charge in [0.2, 0.25) is 0 Å². The normalized spacial score (nSPS) is 12.2. The summed E-state index contributed by atoms with van der Waals surface area (Å²) >= 11 is 5.61. The molecule has 1 rings (SSSR count). The fraction of sp³-hybridized carbons (Fsp3) is 0.444. The van der Waals surface area contributed by atoms with Crippen molar-refractivity contribution in [1.82, 2.24) is 4.98 Å². The first-order valence-corrected chi connectivity index (χ1v) is 4.33. The summed E-state index contributed by atoms with van der Waals surface area (Å²) < 4.78 is 26.8. The molecule has 1 aromatic heterocycles. The van der Waals surface area contributed by atoms with Crippen LogP contribution in [0.5, 0.6) is 0 Å². The average molecular weight is 206 g/mol. The molecule has 0 N–H and O–H groups in total. The second kappa shape index (κ2) is 3.58. The molecule has 0 bridgehead atoms. The van der Waals surface area contributed by atoms with Crippen molar-refractivity contribution in [1.29, 1.82) is 0 Å². The minimum absolute atomic E-state index is 0.0150. The van der Waals surface area contributed by atoms with Crippen LogP contribution in [0.4, 0.5) is 8.78 Å². The molecule has 4 heteroatoms. The maximum Gasteiger partial charge on any atom is 0.293 e. The molecule has 0 amide bonds. The van der Waals surface area contributed by atoms with Gasteiger partial charge in [0.1, 0.15) is 5.69 Å². The fourth-order valence-corrected chi connectivity index (χ4v) is 1.15. The first-order chi connectivity index (χ1) is 5.96. The predicted octanol–water partition coefficient (Wildman–Crippen LogP) is 3.48. The van der Waals surface area contributed by atoms with E-state index in [2.05, 4.69) is 4.98 Å². The van der Waals surface area contributed by atoms with Gasteiger partial charge in [-0.15, -0.1) is 0 Å². The lowest BCUT2D eigenvalue weighted by Crippen LogP contribution is -2.22. The highest BCUT2D eigenvalue weighted by molar-refractivity contribution is 6.31. The summed E-state index contributed by atoms with van der Waals surface area (Å²) in [5.41, 5.74) is -0.341. The van der Waals surface area contributed by atoms with Crippen molar-refractivity contribution in [2.45, 2.75) is 19.8 Å². The Labute approximate surface area is 80.7 Å². The van der Waals surface area contributed by atoms with Crippen molar-refractivity contribution < 1.29 is 8.78 Å². The van der Waals surface area contributed by atoms with E-state index in [-0.39, 0.29) is 10.7 Å². The lowest BCUT2D eigenvalue weighted by Gasteiger charge is -2.20. The van der Waals surface area contributed by atoms with E-state index in [1.807, 2.05) is 0 Å². The summed E-state index contributed by atoms with van der Waals surface area (Å²) in [4.78, 5) is 3.59. The van der Waals surface area contributed by atoms with Crippen LogP contribution >= 0.6 is 11.6 Å². The van der Waals surface area contributed by atoms with E-state index in [1.165, 1.54) is 32.2 Å². The van der Waals surface area contributed by atoms with Crippen LogP contribution in [-0.4, -0.2) is 4.98 Å². The van der Waals surface area contributed by atoms with E-state index in [4.69, 9.17) is 11.6 Å². The Morgan fingerprint density at radius 3 is 2.54 bits per heavy atom. The van der Waals surface area contributed by atoms with E-state index in [1.54, 1.807) is 0 Å². The van der Waals surface area contributed by atoms with Crippen LogP contribution in [0.15, 0.2) is 18.3 Å². The minimum atomic E-state index is -2.96. The van der Waals surface area contributed by atoms with Gasteiger partial charge in [-0.3, -0.25) is 4.98 Å². The zero-order chi connectivity index (χ0) is 10.1. The van der Waals surface area contributed by atoms with Gasteiger partial charge in [0.15, 0.2) is 0 Å². The molecule has 0 atom stereocenters. The van der Waals surface area contributed by atoms with E-state index < -0.39 is 11.8 Å². The van der Waals surface area contributed by atoms with Crippen molar-refractivity contribution in [2.24, 2.45) is 5.92 Å². The minimum Gasteiger partial charge on any atom is -0.253 e. The van der Waals surface area contributed by atoms with E-state index in [9.17, 15) is 8.78 Å². The molecule has 0 aliphatic rings. The third-order valence-corrected chi connectivity index (χ3v) is 2.10. The van der Waals surface area contributed by atoms with Crippen LogP contribution in [0.2, 0.25) is 5.02 Å². The van der Waals surface area contributed by atoms with Gasteiger partial charge in [0, 0.05) is 12.1 Å².